The number of methoxy groups -OCH3 is 3. The van der Waals surface area contributed by atoms with E-state index in [1.54, 1.807) is 19.1 Å². The highest BCUT2D eigenvalue weighted by Crippen LogP contribution is 2.30. The Kier molecular flexibility index (Phi) is 15.1. The first kappa shape index (κ1) is 38.1. The van der Waals surface area contributed by atoms with Gasteiger partial charge in [-0.15, -0.1) is 0 Å². The van der Waals surface area contributed by atoms with Crippen LogP contribution in [0.2, 0.25) is 0 Å². The molecule has 0 aromatic carbocycles. The minimum absolute atomic E-state index is 0.104. The standard InChI is InChI=1S/C33H47N3O10/c1-18-14-22-28(39)23(17-24(37)31(22)44-7)36-32(40)19(2)10-8-11-25(42-5)29(46-33(35)41)20(3)16-21(4)30(26(15-18)43-6)45-27(38)12-9-13-34/h8,10-11,16-18,21,25-26,29-30H,9,12-15,34H2,1-7H3,(H2,35,41)(H,36,40)/b11-8-,19-10+,20-16-. The molecule has 13 heteroatoms. The van der Waals surface area contributed by atoms with Gasteiger partial charge in [-0.3, -0.25) is 19.2 Å². The van der Waals surface area contributed by atoms with Gasteiger partial charge in [0.2, 0.25) is 11.6 Å². The average molecular weight is 646 g/mol. The summed E-state index contributed by atoms with van der Waals surface area (Å²) in [6.07, 6.45) is 4.09. The summed E-state index contributed by atoms with van der Waals surface area (Å²) in [7, 11) is 4.21. The maximum atomic E-state index is 13.5. The van der Waals surface area contributed by atoms with E-state index in [9.17, 15) is 24.0 Å². The number of rotatable bonds is 8. The van der Waals surface area contributed by atoms with Crippen molar-refractivity contribution in [3.63, 3.8) is 0 Å². The Morgan fingerprint density at radius 2 is 1.74 bits per heavy atom. The normalized spacial score (nSPS) is 29.8. The van der Waals surface area contributed by atoms with E-state index in [4.69, 9.17) is 35.2 Å². The third-order valence-electron chi connectivity index (χ3n) is 7.76. The average Bonchev–Trinajstić information content (AvgIpc) is 3.00. The van der Waals surface area contributed by atoms with Crippen LogP contribution in [-0.4, -0.2) is 81.8 Å². The molecule has 13 nitrogen and oxygen atoms in total. The number of carbonyl (C=O) groups is 5. The van der Waals surface area contributed by atoms with Gasteiger partial charge >= 0.3 is 12.1 Å². The molecule has 5 N–H and O–H groups in total. The fourth-order valence-electron chi connectivity index (χ4n) is 5.41. The highest BCUT2D eigenvalue weighted by atomic mass is 16.6. The van der Waals surface area contributed by atoms with Crippen molar-refractivity contribution in [1.29, 1.82) is 0 Å². The predicted octanol–water partition coefficient (Wildman–Crippen LogP) is 2.70. The van der Waals surface area contributed by atoms with Gasteiger partial charge in [-0.05, 0) is 51.1 Å². The van der Waals surface area contributed by atoms with Gasteiger partial charge < -0.3 is 40.5 Å². The van der Waals surface area contributed by atoms with E-state index in [1.165, 1.54) is 40.4 Å². The summed E-state index contributed by atoms with van der Waals surface area (Å²) in [6.45, 7) is 7.27. The second kappa shape index (κ2) is 18.2. The van der Waals surface area contributed by atoms with Crippen LogP contribution < -0.4 is 16.8 Å². The minimum Gasteiger partial charge on any atom is -0.492 e. The Balaban J connectivity index is 2.70. The van der Waals surface area contributed by atoms with E-state index >= 15 is 0 Å². The van der Waals surface area contributed by atoms with Gasteiger partial charge in [-0.2, -0.15) is 0 Å². The molecule has 2 bridgehead atoms. The fraction of sp³-hybridized carbons (Fsp3) is 0.545. The molecule has 254 valence electrons. The maximum absolute atomic E-state index is 13.5. The molecule has 0 spiro atoms. The van der Waals surface area contributed by atoms with Gasteiger partial charge in [0.05, 0.1) is 18.9 Å². The largest absolute Gasteiger partial charge is 0.492 e. The highest BCUT2D eigenvalue weighted by molar-refractivity contribution is 6.23. The van der Waals surface area contributed by atoms with Crippen LogP contribution in [0.5, 0.6) is 0 Å². The van der Waals surface area contributed by atoms with Crippen molar-refractivity contribution in [2.24, 2.45) is 23.3 Å². The minimum atomic E-state index is -1.03. The molecule has 46 heavy (non-hydrogen) atoms. The van der Waals surface area contributed by atoms with Gasteiger partial charge in [-0.25, -0.2) is 4.79 Å². The van der Waals surface area contributed by atoms with Crippen LogP contribution >= 0.6 is 0 Å². The van der Waals surface area contributed by atoms with Crippen molar-refractivity contribution in [3.8, 4) is 0 Å². The van der Waals surface area contributed by atoms with Crippen molar-refractivity contribution in [2.45, 2.75) is 77.8 Å². The van der Waals surface area contributed by atoms with Crippen molar-refractivity contribution in [3.05, 3.63) is 58.6 Å². The fourth-order valence-corrected chi connectivity index (χ4v) is 5.41. The summed E-state index contributed by atoms with van der Waals surface area (Å²) in [5.41, 5.74) is 11.7. The third kappa shape index (κ3) is 10.5. The van der Waals surface area contributed by atoms with Crippen LogP contribution in [-0.2, 0) is 42.9 Å². The van der Waals surface area contributed by atoms with Gasteiger partial charge in [0.25, 0.3) is 5.91 Å². The number of primary amides is 1. The van der Waals surface area contributed by atoms with Crippen LogP contribution in [0.3, 0.4) is 0 Å². The predicted molar refractivity (Wildman–Crippen MR) is 169 cm³/mol. The quantitative estimate of drug-likeness (QED) is 0.199. The summed E-state index contributed by atoms with van der Waals surface area (Å²) in [5, 5.41) is 2.53. The molecule has 2 amide bonds. The van der Waals surface area contributed by atoms with Gasteiger partial charge in [-0.1, -0.05) is 38.2 Å². The second-order valence-corrected chi connectivity index (χ2v) is 11.4. The molecule has 0 saturated heterocycles. The second-order valence-electron chi connectivity index (χ2n) is 11.4. The summed E-state index contributed by atoms with van der Waals surface area (Å²) >= 11 is 0. The Hall–Kier alpha value is -4.07. The summed E-state index contributed by atoms with van der Waals surface area (Å²) < 4.78 is 28.2. The van der Waals surface area contributed by atoms with E-state index in [0.29, 0.717) is 25.0 Å². The summed E-state index contributed by atoms with van der Waals surface area (Å²) in [6, 6.07) is 0. The zero-order valence-corrected chi connectivity index (χ0v) is 27.6. The van der Waals surface area contributed by atoms with E-state index in [-0.39, 0.29) is 41.4 Å². The number of hydrogen-bond acceptors (Lipinski definition) is 11. The molecule has 1 aliphatic heterocycles. The lowest BCUT2D eigenvalue weighted by atomic mass is 9.85. The van der Waals surface area contributed by atoms with Crippen molar-refractivity contribution in [1.82, 2.24) is 5.32 Å². The molecule has 0 saturated carbocycles. The molecular weight excluding hydrogens is 598 g/mol. The van der Waals surface area contributed by atoms with E-state index < -0.39 is 59.9 Å². The Morgan fingerprint density at radius 1 is 1.04 bits per heavy atom. The van der Waals surface area contributed by atoms with E-state index in [0.717, 1.165) is 6.08 Å². The smallest absolute Gasteiger partial charge is 0.405 e. The van der Waals surface area contributed by atoms with Crippen LogP contribution in [0.15, 0.2) is 58.6 Å². The summed E-state index contributed by atoms with van der Waals surface area (Å²) in [5.74, 6) is -3.02. The zero-order valence-electron chi connectivity index (χ0n) is 27.6. The first-order valence-electron chi connectivity index (χ1n) is 15.1. The number of allylic oxidation sites excluding steroid dienone is 4. The Bertz CT molecular complexity index is 1310. The van der Waals surface area contributed by atoms with Crippen molar-refractivity contribution < 1.29 is 47.7 Å². The number of amides is 2. The number of nitrogens with two attached hydrogens (primary N) is 2. The number of fused-ring (bicyclic) bond motifs is 2. The van der Waals surface area contributed by atoms with E-state index in [2.05, 4.69) is 5.32 Å². The molecule has 0 aromatic rings. The van der Waals surface area contributed by atoms with Crippen LogP contribution in [0.1, 0.15) is 53.4 Å². The lowest BCUT2D eigenvalue weighted by Crippen LogP contribution is -2.40. The number of Topliss-reactive ketones (excluding diaryl/α,β-unsaturated/α-hetero) is 1. The Labute approximate surface area is 270 Å². The van der Waals surface area contributed by atoms with Crippen molar-refractivity contribution >= 4 is 29.5 Å². The molecule has 0 aromatic heterocycles. The summed E-state index contributed by atoms with van der Waals surface area (Å²) in [4.78, 5) is 64.2. The molecule has 2 rings (SSSR count). The van der Waals surface area contributed by atoms with E-state index in [1.807, 2.05) is 13.8 Å². The Morgan fingerprint density at radius 3 is 2.33 bits per heavy atom. The van der Waals surface area contributed by atoms with Gasteiger partial charge in [0.15, 0.2) is 11.9 Å². The molecule has 6 unspecified atom stereocenters. The monoisotopic (exact) mass is 645 g/mol. The molecule has 6 atom stereocenters. The van der Waals surface area contributed by atoms with Gasteiger partial charge in [0, 0.05) is 43.8 Å². The lowest BCUT2D eigenvalue weighted by molar-refractivity contribution is -0.160. The topological polar surface area (TPSA) is 196 Å². The SMILES string of the molecule is COC1=C2CC(C)CC(OC)C(OC(=O)CCCN)C(C)/C=C(/C)C(OC(N)=O)C(OC)/C=C\C=C(/C)C(=O)NC(=CC1=O)C2=O. The number of ketones is 2. The molecule has 0 radical (unpaired) electrons. The highest BCUT2D eigenvalue weighted by Gasteiger charge is 2.35. The molecule has 1 heterocycles. The third-order valence-corrected chi connectivity index (χ3v) is 7.76. The van der Waals surface area contributed by atoms with Crippen molar-refractivity contribution in [2.75, 3.05) is 27.9 Å². The molecular formula is C33H47N3O10. The zero-order chi connectivity index (χ0) is 34.6. The lowest BCUT2D eigenvalue weighted by Gasteiger charge is -2.32. The maximum Gasteiger partial charge on any atom is 0.405 e. The number of carbonyl (C=O) groups excluding carboxylic acids is 5. The van der Waals surface area contributed by atoms with Gasteiger partial charge in [0.1, 0.15) is 12.2 Å². The molecule has 0 fully saturated rings. The van der Waals surface area contributed by atoms with Crippen LogP contribution in [0, 0.1) is 11.8 Å². The van der Waals surface area contributed by atoms with Crippen LogP contribution in [0.4, 0.5) is 4.79 Å². The molecule has 1 aliphatic carbocycles. The number of nitrogens with one attached hydrogen (secondary N) is 1. The number of ether oxygens (including phenoxy) is 5. The molecule has 2 aliphatic rings. The van der Waals surface area contributed by atoms with Crippen LogP contribution in [0.25, 0.3) is 0 Å². The number of hydrogen-bond donors (Lipinski definition) is 3. The first-order chi connectivity index (χ1) is 21.8. The first-order valence-corrected chi connectivity index (χ1v) is 15.1. The number of esters is 1.